The first-order valence-corrected chi connectivity index (χ1v) is 11.2. The van der Waals surface area contributed by atoms with Crippen molar-refractivity contribution in [2.24, 2.45) is 5.16 Å². The number of benzene rings is 1. The van der Waals surface area contributed by atoms with Gasteiger partial charge in [-0.15, -0.1) is 11.8 Å². The molecule has 158 valence electrons. The number of Topliss-reactive ketones (excluding diaryl/α,β-unsaturated/α-hetero) is 1. The number of pyridine rings is 1. The van der Waals surface area contributed by atoms with E-state index in [0.717, 1.165) is 10.5 Å². The van der Waals surface area contributed by atoms with Crippen molar-refractivity contribution >= 4 is 23.3 Å². The molecule has 1 aliphatic rings. The standard InChI is InChI=1S/C23H26N2O4S/c1-4-19(25-28-5-2)23-20(26)12-16(13-21(23)27)15-7-6-8-17(11-15)29-22-10-9-18(30-3)14-24-22/h6-11,14,16,26H,4-5,12-13H2,1-3H3/b25-19-. The summed E-state index contributed by atoms with van der Waals surface area (Å²) >= 11 is 1.62. The maximum Gasteiger partial charge on any atom is 0.219 e. The number of hydrogen-bond acceptors (Lipinski definition) is 7. The van der Waals surface area contributed by atoms with Crippen molar-refractivity contribution in [3.8, 4) is 11.6 Å². The molecule has 0 radical (unpaired) electrons. The van der Waals surface area contributed by atoms with E-state index in [1.807, 2.05) is 56.5 Å². The van der Waals surface area contributed by atoms with Crippen LogP contribution in [0.4, 0.5) is 0 Å². The summed E-state index contributed by atoms with van der Waals surface area (Å²) in [4.78, 5) is 23.3. The fourth-order valence-electron chi connectivity index (χ4n) is 3.39. The van der Waals surface area contributed by atoms with Crippen molar-refractivity contribution in [1.82, 2.24) is 4.98 Å². The Balaban J connectivity index is 1.78. The van der Waals surface area contributed by atoms with E-state index in [9.17, 15) is 9.90 Å². The quantitative estimate of drug-likeness (QED) is 0.333. The predicted molar refractivity (Wildman–Crippen MR) is 119 cm³/mol. The molecular formula is C23H26N2O4S. The minimum atomic E-state index is -0.123. The molecule has 0 bridgehead atoms. The molecule has 1 unspecified atom stereocenters. The number of ether oxygens (including phenoxy) is 1. The highest BCUT2D eigenvalue weighted by molar-refractivity contribution is 7.98. The summed E-state index contributed by atoms with van der Waals surface area (Å²) in [6, 6.07) is 11.4. The molecule has 1 N–H and O–H groups in total. The number of aliphatic hydroxyl groups excluding tert-OH is 1. The van der Waals surface area contributed by atoms with E-state index < -0.39 is 0 Å². The Hall–Kier alpha value is -2.80. The third-order valence-electron chi connectivity index (χ3n) is 4.86. The van der Waals surface area contributed by atoms with Crippen LogP contribution in [0.15, 0.2) is 64.0 Å². The lowest BCUT2D eigenvalue weighted by atomic mass is 9.81. The van der Waals surface area contributed by atoms with Crippen molar-refractivity contribution < 1.29 is 19.5 Å². The van der Waals surface area contributed by atoms with Crippen LogP contribution in [0, 0.1) is 0 Å². The normalized spacial score (nSPS) is 17.2. The van der Waals surface area contributed by atoms with Crippen molar-refractivity contribution in [3.63, 3.8) is 0 Å². The van der Waals surface area contributed by atoms with Gasteiger partial charge in [0, 0.05) is 30.0 Å². The number of ketones is 1. The van der Waals surface area contributed by atoms with Gasteiger partial charge in [-0.05, 0) is 49.3 Å². The van der Waals surface area contributed by atoms with Crippen LogP contribution in [0.1, 0.15) is 44.6 Å². The monoisotopic (exact) mass is 426 g/mol. The number of oxime groups is 1. The van der Waals surface area contributed by atoms with E-state index in [4.69, 9.17) is 9.57 Å². The third kappa shape index (κ3) is 5.21. The lowest BCUT2D eigenvalue weighted by Gasteiger charge is -2.24. The summed E-state index contributed by atoms with van der Waals surface area (Å²) in [7, 11) is 0. The van der Waals surface area contributed by atoms with Crippen LogP contribution >= 0.6 is 11.8 Å². The van der Waals surface area contributed by atoms with Gasteiger partial charge in [0.1, 0.15) is 18.1 Å². The molecule has 1 atom stereocenters. The number of thioether (sulfide) groups is 1. The maximum absolute atomic E-state index is 12.8. The summed E-state index contributed by atoms with van der Waals surface area (Å²) in [6.45, 7) is 4.12. The molecule has 0 saturated carbocycles. The second-order valence-corrected chi connectivity index (χ2v) is 7.75. The van der Waals surface area contributed by atoms with Crippen LogP contribution in [-0.2, 0) is 9.63 Å². The minimum Gasteiger partial charge on any atom is -0.511 e. The average molecular weight is 427 g/mol. The van der Waals surface area contributed by atoms with Crippen LogP contribution in [0.3, 0.4) is 0 Å². The molecule has 0 fully saturated rings. The van der Waals surface area contributed by atoms with E-state index in [2.05, 4.69) is 10.1 Å². The summed E-state index contributed by atoms with van der Waals surface area (Å²) < 4.78 is 5.87. The Kier molecular flexibility index (Phi) is 7.52. The summed E-state index contributed by atoms with van der Waals surface area (Å²) in [6.07, 6.45) is 4.95. The molecule has 1 heterocycles. The molecule has 1 aromatic carbocycles. The van der Waals surface area contributed by atoms with E-state index in [1.54, 1.807) is 18.0 Å². The smallest absolute Gasteiger partial charge is 0.219 e. The first-order chi connectivity index (χ1) is 14.5. The largest absolute Gasteiger partial charge is 0.511 e. The van der Waals surface area contributed by atoms with E-state index in [1.165, 1.54) is 0 Å². The molecule has 2 aromatic rings. The van der Waals surface area contributed by atoms with Gasteiger partial charge in [-0.3, -0.25) is 4.79 Å². The summed E-state index contributed by atoms with van der Waals surface area (Å²) in [5, 5.41) is 14.6. The number of rotatable bonds is 8. The molecule has 0 saturated heterocycles. The van der Waals surface area contributed by atoms with Crippen LogP contribution < -0.4 is 4.74 Å². The Morgan fingerprint density at radius 2 is 2.10 bits per heavy atom. The fraction of sp³-hybridized carbons (Fsp3) is 0.348. The van der Waals surface area contributed by atoms with Gasteiger partial charge in [0.25, 0.3) is 0 Å². The number of hydrogen-bond donors (Lipinski definition) is 1. The lowest BCUT2D eigenvalue weighted by Crippen LogP contribution is -2.23. The maximum atomic E-state index is 12.8. The third-order valence-corrected chi connectivity index (χ3v) is 5.58. The zero-order valence-electron chi connectivity index (χ0n) is 17.4. The molecule has 0 amide bonds. The molecule has 1 aromatic heterocycles. The van der Waals surface area contributed by atoms with Gasteiger partial charge in [-0.1, -0.05) is 24.2 Å². The first-order valence-electron chi connectivity index (χ1n) is 9.98. The van der Waals surface area contributed by atoms with Crippen LogP contribution in [-0.4, -0.2) is 34.4 Å². The Labute approximate surface area is 181 Å². The van der Waals surface area contributed by atoms with Gasteiger partial charge in [0.05, 0.1) is 11.3 Å². The number of nitrogens with zero attached hydrogens (tertiary/aromatic N) is 2. The molecule has 1 aliphatic carbocycles. The van der Waals surface area contributed by atoms with Crippen LogP contribution in [0.25, 0.3) is 0 Å². The van der Waals surface area contributed by atoms with Crippen molar-refractivity contribution in [2.45, 2.75) is 43.9 Å². The second-order valence-electron chi connectivity index (χ2n) is 6.87. The van der Waals surface area contributed by atoms with E-state index in [-0.39, 0.29) is 17.5 Å². The van der Waals surface area contributed by atoms with Crippen LogP contribution in [0.5, 0.6) is 11.6 Å². The minimum absolute atomic E-state index is 0.0668. The van der Waals surface area contributed by atoms with Gasteiger partial charge in [-0.2, -0.15) is 0 Å². The molecule has 6 nitrogen and oxygen atoms in total. The molecular weight excluding hydrogens is 400 g/mol. The molecule has 0 aliphatic heterocycles. The number of aliphatic hydroxyl groups is 1. The van der Waals surface area contributed by atoms with Gasteiger partial charge in [-0.25, -0.2) is 4.98 Å². The fourth-order valence-corrected chi connectivity index (χ4v) is 3.75. The van der Waals surface area contributed by atoms with E-state index >= 15 is 0 Å². The van der Waals surface area contributed by atoms with Crippen molar-refractivity contribution in [1.29, 1.82) is 0 Å². The number of aromatic nitrogens is 1. The number of carbonyl (C=O) groups is 1. The topological polar surface area (TPSA) is 81.0 Å². The van der Waals surface area contributed by atoms with Crippen LogP contribution in [0.2, 0.25) is 0 Å². The predicted octanol–water partition coefficient (Wildman–Crippen LogP) is 5.66. The van der Waals surface area contributed by atoms with Crippen molar-refractivity contribution in [3.05, 3.63) is 59.5 Å². The first kappa shape index (κ1) is 21.9. The van der Waals surface area contributed by atoms with Gasteiger partial charge in [0.15, 0.2) is 5.78 Å². The highest BCUT2D eigenvalue weighted by Crippen LogP contribution is 2.36. The summed E-state index contributed by atoms with van der Waals surface area (Å²) in [5.41, 5.74) is 1.73. The molecule has 3 rings (SSSR count). The Bertz CT molecular complexity index is 954. The Morgan fingerprint density at radius 1 is 1.27 bits per heavy atom. The number of carbonyl (C=O) groups excluding carboxylic acids is 1. The molecule has 0 spiro atoms. The van der Waals surface area contributed by atoms with Gasteiger partial charge >= 0.3 is 0 Å². The second kappa shape index (κ2) is 10.3. The molecule has 30 heavy (non-hydrogen) atoms. The Morgan fingerprint density at radius 3 is 2.73 bits per heavy atom. The number of allylic oxidation sites excluding steroid dienone is 2. The zero-order chi connectivity index (χ0) is 21.5. The lowest BCUT2D eigenvalue weighted by molar-refractivity contribution is -0.116. The van der Waals surface area contributed by atoms with Gasteiger partial charge < -0.3 is 14.7 Å². The van der Waals surface area contributed by atoms with E-state index in [0.29, 0.717) is 48.8 Å². The van der Waals surface area contributed by atoms with Crippen molar-refractivity contribution in [2.75, 3.05) is 12.9 Å². The highest BCUT2D eigenvalue weighted by atomic mass is 32.2. The SMILES string of the molecule is CCO/N=C(/CC)C1=C(O)CC(c2cccc(Oc3ccc(SC)cn3)c2)CC1=O. The molecule has 7 heteroatoms. The highest BCUT2D eigenvalue weighted by Gasteiger charge is 2.31. The zero-order valence-corrected chi connectivity index (χ0v) is 18.2. The van der Waals surface area contributed by atoms with Gasteiger partial charge in [0.2, 0.25) is 5.88 Å². The summed E-state index contributed by atoms with van der Waals surface area (Å²) in [5.74, 6) is 0.976. The average Bonchev–Trinajstić information content (AvgIpc) is 2.76.